The van der Waals surface area contributed by atoms with Gasteiger partial charge in [-0.3, -0.25) is 10.1 Å². The van der Waals surface area contributed by atoms with Crippen LogP contribution in [0.2, 0.25) is 0 Å². The summed E-state index contributed by atoms with van der Waals surface area (Å²) in [6.07, 6.45) is 0. The van der Waals surface area contributed by atoms with Gasteiger partial charge >= 0.3 is 0 Å². The Morgan fingerprint density at radius 2 is 2.25 bits per heavy atom. The molecule has 1 aliphatic heterocycles. The van der Waals surface area contributed by atoms with E-state index < -0.39 is 14.8 Å². The van der Waals surface area contributed by atoms with Crippen LogP contribution in [-0.4, -0.2) is 42.4 Å². The summed E-state index contributed by atoms with van der Waals surface area (Å²) in [5.74, 6) is 5.76. The van der Waals surface area contributed by atoms with Gasteiger partial charge < -0.3 is 10.3 Å². The summed E-state index contributed by atoms with van der Waals surface area (Å²) in [6.45, 7) is 1.99. The van der Waals surface area contributed by atoms with Crippen LogP contribution in [0.5, 0.6) is 0 Å². The van der Waals surface area contributed by atoms with Gasteiger partial charge in [-0.25, -0.2) is 19.2 Å². The zero-order valence-corrected chi connectivity index (χ0v) is 11.6. The largest absolute Gasteiger partial charge is 0.352 e. The molecule has 20 heavy (non-hydrogen) atoms. The predicted molar refractivity (Wildman–Crippen MR) is 74.2 cm³/mol. The van der Waals surface area contributed by atoms with Crippen LogP contribution in [0.1, 0.15) is 6.92 Å². The van der Waals surface area contributed by atoms with Gasteiger partial charge in [0.15, 0.2) is 9.84 Å². The molecule has 1 fully saturated rings. The van der Waals surface area contributed by atoms with Gasteiger partial charge in [0.2, 0.25) is 0 Å². The third-order valence-corrected chi connectivity index (χ3v) is 4.91. The molecule has 1 aliphatic rings. The van der Waals surface area contributed by atoms with Crippen molar-refractivity contribution < 1.29 is 13.3 Å². The summed E-state index contributed by atoms with van der Waals surface area (Å²) < 4.78 is 23.1. The Labute approximate surface area is 115 Å². The highest BCUT2D eigenvalue weighted by atomic mass is 32.2. The van der Waals surface area contributed by atoms with Crippen LogP contribution < -0.4 is 16.2 Å². The number of rotatable bonds is 3. The first kappa shape index (κ1) is 14.5. The third-order valence-electron chi connectivity index (χ3n) is 3.12. The van der Waals surface area contributed by atoms with E-state index in [1.807, 2.05) is 0 Å². The van der Waals surface area contributed by atoms with Gasteiger partial charge in [0.25, 0.3) is 5.69 Å². The molecule has 3 N–H and O–H groups in total. The van der Waals surface area contributed by atoms with E-state index in [4.69, 9.17) is 5.84 Å². The van der Waals surface area contributed by atoms with Gasteiger partial charge in [0, 0.05) is 12.6 Å². The first-order chi connectivity index (χ1) is 9.32. The van der Waals surface area contributed by atoms with E-state index in [1.54, 1.807) is 11.8 Å². The minimum atomic E-state index is -3.06. The van der Waals surface area contributed by atoms with E-state index >= 15 is 0 Å². The van der Waals surface area contributed by atoms with Crippen molar-refractivity contribution >= 4 is 27.2 Å². The van der Waals surface area contributed by atoms with Crippen molar-refractivity contribution in [1.82, 2.24) is 4.98 Å². The summed E-state index contributed by atoms with van der Waals surface area (Å²) in [5.41, 5.74) is 2.12. The number of nitrogens with one attached hydrogen (secondary N) is 1. The lowest BCUT2D eigenvalue weighted by molar-refractivity contribution is -0.384. The van der Waals surface area contributed by atoms with E-state index in [9.17, 15) is 18.5 Å². The molecule has 1 aromatic rings. The molecule has 2 heterocycles. The zero-order valence-electron chi connectivity index (χ0n) is 10.8. The molecule has 1 saturated heterocycles. The second-order valence-electron chi connectivity index (χ2n) is 4.63. The van der Waals surface area contributed by atoms with Crippen LogP contribution in [0.25, 0.3) is 0 Å². The Morgan fingerprint density at radius 1 is 1.55 bits per heavy atom. The summed E-state index contributed by atoms with van der Waals surface area (Å²) in [5, 5.41) is 10.9. The molecule has 2 rings (SSSR count). The average molecular weight is 301 g/mol. The Kier molecular flexibility index (Phi) is 3.77. The number of nitrogens with zero attached hydrogens (tertiary/aromatic N) is 3. The van der Waals surface area contributed by atoms with Crippen molar-refractivity contribution in [3.63, 3.8) is 0 Å². The second kappa shape index (κ2) is 5.21. The van der Waals surface area contributed by atoms with Crippen molar-refractivity contribution in [3.05, 3.63) is 22.2 Å². The standard InChI is InChI=1S/C10H15N5O4S/c1-7-6-20(18,19)3-2-14(7)10-5-8(15(16)17)4-9(12-10)13-11/h4-5,7H,2-3,6,11H2,1H3,(H,12,13). The van der Waals surface area contributed by atoms with Crippen LogP contribution in [0.15, 0.2) is 12.1 Å². The number of hydrogen-bond acceptors (Lipinski definition) is 8. The lowest BCUT2D eigenvalue weighted by Crippen LogP contribution is -2.47. The Bertz CT molecular complexity index is 633. The number of aromatic nitrogens is 1. The zero-order chi connectivity index (χ0) is 14.9. The Morgan fingerprint density at radius 3 is 2.80 bits per heavy atom. The van der Waals surface area contributed by atoms with Crippen molar-refractivity contribution in [2.75, 3.05) is 28.4 Å². The maximum absolute atomic E-state index is 11.5. The fourth-order valence-electron chi connectivity index (χ4n) is 2.17. The van der Waals surface area contributed by atoms with E-state index in [-0.39, 0.29) is 35.6 Å². The summed E-state index contributed by atoms with van der Waals surface area (Å²) in [4.78, 5) is 16.2. The van der Waals surface area contributed by atoms with Crippen LogP contribution in [-0.2, 0) is 9.84 Å². The minimum absolute atomic E-state index is 0.00274. The van der Waals surface area contributed by atoms with Gasteiger partial charge in [-0.15, -0.1) is 0 Å². The second-order valence-corrected chi connectivity index (χ2v) is 6.86. The average Bonchev–Trinajstić information content (AvgIpc) is 2.37. The molecule has 0 amide bonds. The summed E-state index contributed by atoms with van der Waals surface area (Å²) in [7, 11) is -3.06. The van der Waals surface area contributed by atoms with Crippen LogP contribution >= 0.6 is 0 Å². The smallest absolute Gasteiger partial charge is 0.276 e. The molecule has 9 nitrogen and oxygen atoms in total. The molecule has 0 bridgehead atoms. The normalized spacial score (nSPS) is 21.5. The van der Waals surface area contributed by atoms with Crippen molar-refractivity contribution in [2.24, 2.45) is 5.84 Å². The molecule has 110 valence electrons. The van der Waals surface area contributed by atoms with Gasteiger partial charge in [-0.1, -0.05) is 0 Å². The number of hydrogen-bond donors (Lipinski definition) is 2. The molecular weight excluding hydrogens is 286 g/mol. The Hall–Kier alpha value is -1.94. The number of anilines is 2. The molecule has 1 atom stereocenters. The van der Waals surface area contributed by atoms with Crippen molar-refractivity contribution in [3.8, 4) is 0 Å². The third kappa shape index (κ3) is 2.96. The van der Waals surface area contributed by atoms with E-state index in [2.05, 4.69) is 10.4 Å². The van der Waals surface area contributed by atoms with Gasteiger partial charge in [-0.2, -0.15) is 0 Å². The lowest BCUT2D eigenvalue weighted by atomic mass is 10.2. The SMILES string of the molecule is CC1CS(=O)(=O)CCN1c1cc([N+](=O)[O-])cc(NN)n1. The van der Waals surface area contributed by atoms with Crippen molar-refractivity contribution in [2.45, 2.75) is 13.0 Å². The highest BCUT2D eigenvalue weighted by Gasteiger charge is 2.30. The fraction of sp³-hybridized carbons (Fsp3) is 0.500. The van der Waals surface area contributed by atoms with E-state index in [0.29, 0.717) is 5.82 Å². The van der Waals surface area contributed by atoms with E-state index in [1.165, 1.54) is 12.1 Å². The van der Waals surface area contributed by atoms with E-state index in [0.717, 1.165) is 0 Å². The van der Waals surface area contributed by atoms with Gasteiger partial charge in [0.1, 0.15) is 11.6 Å². The van der Waals surface area contributed by atoms with Crippen LogP contribution in [0.3, 0.4) is 0 Å². The number of nitrogens with two attached hydrogens (primary N) is 1. The quantitative estimate of drug-likeness (QED) is 0.449. The molecule has 0 radical (unpaired) electrons. The first-order valence-electron chi connectivity index (χ1n) is 5.92. The molecule has 1 unspecified atom stereocenters. The molecule has 0 saturated carbocycles. The van der Waals surface area contributed by atoms with Crippen molar-refractivity contribution in [1.29, 1.82) is 0 Å². The monoisotopic (exact) mass is 301 g/mol. The van der Waals surface area contributed by atoms with Gasteiger partial charge in [-0.05, 0) is 6.92 Å². The molecular formula is C10H15N5O4S. The van der Waals surface area contributed by atoms with Crippen LogP contribution in [0.4, 0.5) is 17.3 Å². The molecule has 1 aromatic heterocycles. The lowest BCUT2D eigenvalue weighted by Gasteiger charge is -2.34. The highest BCUT2D eigenvalue weighted by Crippen LogP contribution is 2.26. The molecule has 0 spiro atoms. The number of hydrazine groups is 1. The minimum Gasteiger partial charge on any atom is -0.352 e. The number of sulfone groups is 1. The Balaban J connectivity index is 2.37. The number of pyridine rings is 1. The summed E-state index contributed by atoms with van der Waals surface area (Å²) in [6, 6.07) is 2.23. The topological polar surface area (TPSA) is 131 Å². The van der Waals surface area contributed by atoms with Gasteiger partial charge in [0.05, 0.1) is 28.6 Å². The molecule has 0 aromatic carbocycles. The first-order valence-corrected chi connectivity index (χ1v) is 7.75. The predicted octanol–water partition coefficient (Wildman–Crippen LogP) is -0.101. The number of nitrogen functional groups attached to an aromatic ring is 1. The molecule has 10 heteroatoms. The summed E-state index contributed by atoms with van der Waals surface area (Å²) >= 11 is 0. The highest BCUT2D eigenvalue weighted by molar-refractivity contribution is 7.91. The maximum atomic E-state index is 11.5. The molecule has 0 aliphatic carbocycles. The maximum Gasteiger partial charge on any atom is 0.276 e. The number of nitro groups is 1. The fourth-order valence-corrected chi connectivity index (χ4v) is 3.72. The van der Waals surface area contributed by atoms with Crippen LogP contribution in [0, 0.1) is 10.1 Å².